The molecule has 96 valence electrons. The van der Waals surface area contributed by atoms with Crippen LogP contribution in [0.4, 0.5) is 0 Å². The summed E-state index contributed by atoms with van der Waals surface area (Å²) in [6, 6.07) is 8.60. The van der Waals surface area contributed by atoms with Crippen LogP contribution in [0, 0.1) is 0 Å². The van der Waals surface area contributed by atoms with E-state index in [0.717, 1.165) is 31.2 Å². The molecule has 2 fully saturated rings. The second-order valence-corrected chi connectivity index (χ2v) is 5.01. The average molecular weight is 245 g/mol. The third-order valence-corrected chi connectivity index (χ3v) is 3.76. The normalized spacial score (nSPS) is 26.7. The standard InChI is InChI=1S/C14H19N3O/c1-18-11-5-2-4-10(8-11)12-9-13(12)16-14(15)17-6-3-7-17/h2,4-5,8,12-13H,3,6-7,9H2,1H3,(H2,15,16)/t12-,13+/m0/s1. The Bertz CT molecular complexity index is 468. The van der Waals surface area contributed by atoms with Crippen LogP contribution in [0.1, 0.15) is 24.3 Å². The number of guanidine groups is 1. The predicted octanol–water partition coefficient (Wildman–Crippen LogP) is 1.57. The third kappa shape index (κ3) is 2.15. The zero-order chi connectivity index (χ0) is 12.5. The first-order chi connectivity index (χ1) is 8.78. The molecule has 18 heavy (non-hydrogen) atoms. The zero-order valence-corrected chi connectivity index (χ0v) is 10.7. The first kappa shape index (κ1) is 11.4. The van der Waals surface area contributed by atoms with E-state index in [2.05, 4.69) is 22.0 Å². The highest BCUT2D eigenvalue weighted by atomic mass is 16.5. The molecule has 0 radical (unpaired) electrons. The third-order valence-electron chi connectivity index (χ3n) is 3.76. The van der Waals surface area contributed by atoms with Crippen LogP contribution in [0.5, 0.6) is 5.75 Å². The minimum Gasteiger partial charge on any atom is -0.497 e. The Morgan fingerprint density at radius 1 is 1.44 bits per heavy atom. The van der Waals surface area contributed by atoms with Gasteiger partial charge in [0.1, 0.15) is 5.75 Å². The van der Waals surface area contributed by atoms with Crippen LogP contribution in [0.25, 0.3) is 0 Å². The van der Waals surface area contributed by atoms with Gasteiger partial charge < -0.3 is 15.4 Å². The van der Waals surface area contributed by atoms with E-state index in [1.165, 1.54) is 12.0 Å². The van der Waals surface area contributed by atoms with E-state index in [0.29, 0.717) is 12.0 Å². The summed E-state index contributed by atoms with van der Waals surface area (Å²) in [7, 11) is 1.70. The molecule has 1 aromatic rings. The molecule has 4 nitrogen and oxygen atoms in total. The van der Waals surface area contributed by atoms with Gasteiger partial charge in [-0.25, -0.2) is 4.99 Å². The van der Waals surface area contributed by atoms with Gasteiger partial charge in [-0.2, -0.15) is 0 Å². The quantitative estimate of drug-likeness (QED) is 0.649. The fraction of sp³-hybridized carbons (Fsp3) is 0.500. The molecule has 1 saturated heterocycles. The van der Waals surface area contributed by atoms with Crippen LogP contribution in [-0.2, 0) is 0 Å². The van der Waals surface area contributed by atoms with Crippen molar-refractivity contribution in [1.82, 2.24) is 4.90 Å². The van der Waals surface area contributed by atoms with Crippen LogP contribution in [-0.4, -0.2) is 37.1 Å². The molecular weight excluding hydrogens is 226 g/mol. The van der Waals surface area contributed by atoms with Crippen molar-refractivity contribution in [2.24, 2.45) is 10.7 Å². The molecule has 2 aliphatic rings. The molecule has 2 N–H and O–H groups in total. The van der Waals surface area contributed by atoms with Gasteiger partial charge in [-0.1, -0.05) is 12.1 Å². The lowest BCUT2D eigenvalue weighted by Gasteiger charge is -2.31. The minimum atomic E-state index is 0.359. The van der Waals surface area contributed by atoms with Crippen LogP contribution >= 0.6 is 0 Å². The fourth-order valence-corrected chi connectivity index (χ4v) is 2.35. The number of aliphatic imine (C=N–C) groups is 1. The van der Waals surface area contributed by atoms with Crippen LogP contribution in [0.3, 0.4) is 0 Å². The van der Waals surface area contributed by atoms with Crippen molar-refractivity contribution >= 4 is 5.96 Å². The maximum absolute atomic E-state index is 5.97. The van der Waals surface area contributed by atoms with Crippen molar-refractivity contribution in [2.75, 3.05) is 20.2 Å². The summed E-state index contributed by atoms with van der Waals surface area (Å²) in [6.45, 7) is 2.12. The summed E-state index contributed by atoms with van der Waals surface area (Å²) in [5, 5.41) is 0. The van der Waals surface area contributed by atoms with Gasteiger partial charge in [-0.15, -0.1) is 0 Å². The van der Waals surface area contributed by atoms with Crippen LogP contribution in [0.2, 0.25) is 0 Å². The van der Waals surface area contributed by atoms with Gasteiger partial charge in [0.05, 0.1) is 13.2 Å². The molecular formula is C14H19N3O. The second-order valence-electron chi connectivity index (χ2n) is 5.01. The summed E-state index contributed by atoms with van der Waals surface area (Å²) in [5.74, 6) is 2.15. The lowest BCUT2D eigenvalue weighted by Crippen LogP contribution is -2.46. The Labute approximate surface area is 107 Å². The Kier molecular flexibility index (Phi) is 2.86. The van der Waals surface area contributed by atoms with Crippen LogP contribution < -0.4 is 10.5 Å². The van der Waals surface area contributed by atoms with Crippen molar-refractivity contribution in [1.29, 1.82) is 0 Å². The van der Waals surface area contributed by atoms with E-state index >= 15 is 0 Å². The lowest BCUT2D eigenvalue weighted by atomic mass is 10.1. The predicted molar refractivity (Wildman–Crippen MR) is 72.0 cm³/mol. The number of rotatable bonds is 3. The number of methoxy groups -OCH3 is 1. The highest BCUT2D eigenvalue weighted by molar-refractivity contribution is 5.79. The number of hydrogen-bond acceptors (Lipinski definition) is 2. The number of benzene rings is 1. The van der Waals surface area contributed by atoms with Gasteiger partial charge in [0.25, 0.3) is 0 Å². The molecule has 1 aliphatic heterocycles. The number of likely N-dealkylation sites (tertiary alicyclic amines) is 1. The molecule has 3 rings (SSSR count). The smallest absolute Gasteiger partial charge is 0.191 e. The Balaban J connectivity index is 1.66. The topological polar surface area (TPSA) is 50.9 Å². The molecule has 0 bridgehead atoms. The maximum atomic E-state index is 5.97. The van der Waals surface area contributed by atoms with E-state index in [1.54, 1.807) is 7.11 Å². The zero-order valence-electron chi connectivity index (χ0n) is 10.7. The molecule has 1 aliphatic carbocycles. The molecule has 2 atom stereocenters. The summed E-state index contributed by atoms with van der Waals surface area (Å²) < 4.78 is 5.25. The van der Waals surface area contributed by atoms with Crippen LogP contribution in [0.15, 0.2) is 29.3 Å². The molecule has 0 amide bonds. The van der Waals surface area contributed by atoms with Gasteiger partial charge in [0.2, 0.25) is 0 Å². The highest BCUT2D eigenvalue weighted by Gasteiger charge is 2.39. The maximum Gasteiger partial charge on any atom is 0.191 e. The highest BCUT2D eigenvalue weighted by Crippen LogP contribution is 2.44. The summed E-state index contributed by atoms with van der Waals surface area (Å²) in [4.78, 5) is 6.74. The molecule has 1 heterocycles. The SMILES string of the molecule is COc1cccc([C@@H]2C[C@H]2N=C(N)N2CCC2)c1. The fourth-order valence-electron chi connectivity index (χ4n) is 2.35. The van der Waals surface area contributed by atoms with Gasteiger partial charge in [-0.3, -0.25) is 0 Å². The number of nitrogens with two attached hydrogens (primary N) is 1. The van der Waals surface area contributed by atoms with E-state index in [1.807, 2.05) is 12.1 Å². The molecule has 4 heteroatoms. The number of hydrogen-bond donors (Lipinski definition) is 1. The van der Waals surface area contributed by atoms with E-state index in [4.69, 9.17) is 10.5 Å². The summed E-state index contributed by atoms with van der Waals surface area (Å²) in [6.07, 6.45) is 2.34. The van der Waals surface area contributed by atoms with Gasteiger partial charge in [-0.05, 0) is 30.5 Å². The van der Waals surface area contributed by atoms with Gasteiger partial charge in [0.15, 0.2) is 5.96 Å². The van der Waals surface area contributed by atoms with Gasteiger partial charge >= 0.3 is 0 Å². The first-order valence-corrected chi connectivity index (χ1v) is 6.50. The molecule has 0 unspecified atom stereocenters. The lowest BCUT2D eigenvalue weighted by molar-refractivity contribution is 0.295. The second kappa shape index (κ2) is 4.52. The van der Waals surface area contributed by atoms with Crippen molar-refractivity contribution in [2.45, 2.75) is 24.8 Å². The number of ether oxygens (including phenoxy) is 1. The van der Waals surface area contributed by atoms with Crippen molar-refractivity contribution < 1.29 is 4.74 Å². The van der Waals surface area contributed by atoms with E-state index < -0.39 is 0 Å². The summed E-state index contributed by atoms with van der Waals surface area (Å²) >= 11 is 0. The molecule has 1 aromatic carbocycles. The number of nitrogens with zero attached hydrogens (tertiary/aromatic N) is 2. The summed E-state index contributed by atoms with van der Waals surface area (Å²) in [5.41, 5.74) is 7.27. The van der Waals surface area contributed by atoms with Crippen molar-refractivity contribution in [3.05, 3.63) is 29.8 Å². The first-order valence-electron chi connectivity index (χ1n) is 6.50. The van der Waals surface area contributed by atoms with E-state index in [9.17, 15) is 0 Å². The molecule has 0 aromatic heterocycles. The van der Waals surface area contributed by atoms with Crippen molar-refractivity contribution in [3.8, 4) is 5.75 Å². The Hall–Kier alpha value is -1.71. The Morgan fingerprint density at radius 3 is 2.94 bits per heavy atom. The average Bonchev–Trinajstić information content (AvgIpc) is 3.06. The van der Waals surface area contributed by atoms with Gasteiger partial charge in [0, 0.05) is 19.0 Å². The van der Waals surface area contributed by atoms with E-state index in [-0.39, 0.29) is 0 Å². The molecule has 1 saturated carbocycles. The van der Waals surface area contributed by atoms with Crippen molar-refractivity contribution in [3.63, 3.8) is 0 Å². The Morgan fingerprint density at radius 2 is 2.28 bits per heavy atom. The largest absolute Gasteiger partial charge is 0.497 e. The monoisotopic (exact) mass is 245 g/mol. The minimum absolute atomic E-state index is 0.359. The molecule has 0 spiro atoms.